The number of ether oxygens (including phenoxy) is 1. The first kappa shape index (κ1) is 22.7. The highest BCUT2D eigenvalue weighted by Crippen LogP contribution is 2.48. The van der Waals surface area contributed by atoms with Gasteiger partial charge in [0.05, 0.1) is 24.9 Å². The molecule has 1 amide bonds. The number of amides is 1. The first-order chi connectivity index (χ1) is 17.0. The number of hydrogen-bond donors (Lipinski definition) is 3. The molecule has 184 valence electrons. The maximum Gasteiger partial charge on any atom is 0.255 e. The van der Waals surface area contributed by atoms with Gasteiger partial charge in [-0.05, 0) is 42.9 Å². The molecule has 2 aliphatic heterocycles. The van der Waals surface area contributed by atoms with Crippen LogP contribution >= 0.6 is 0 Å². The Morgan fingerprint density at radius 1 is 1.17 bits per heavy atom. The molecule has 0 radical (unpaired) electrons. The number of aromatic nitrogens is 1. The molecule has 0 bridgehead atoms. The summed E-state index contributed by atoms with van der Waals surface area (Å²) in [6.07, 6.45) is 9.21. The van der Waals surface area contributed by atoms with Crippen LogP contribution in [0.4, 0.5) is 5.82 Å². The van der Waals surface area contributed by atoms with Crippen LogP contribution in [0, 0.1) is 11.8 Å². The molecule has 3 fully saturated rings. The molecule has 1 aromatic heterocycles. The number of rotatable bonds is 6. The lowest BCUT2D eigenvalue weighted by atomic mass is 9.65. The van der Waals surface area contributed by atoms with E-state index in [-0.39, 0.29) is 29.3 Å². The van der Waals surface area contributed by atoms with Gasteiger partial charge in [-0.3, -0.25) is 4.79 Å². The molecular weight excluding hydrogens is 440 g/mol. The third-order valence-electron chi connectivity index (χ3n) is 8.40. The van der Waals surface area contributed by atoms with Crippen molar-refractivity contribution in [2.45, 2.75) is 43.2 Å². The molecule has 35 heavy (non-hydrogen) atoms. The average Bonchev–Trinajstić information content (AvgIpc) is 3.08. The van der Waals surface area contributed by atoms with Gasteiger partial charge >= 0.3 is 0 Å². The molecule has 2 atom stereocenters. The van der Waals surface area contributed by atoms with E-state index in [9.17, 15) is 9.90 Å². The Bertz CT molecular complexity index is 1120. The second-order valence-electron chi connectivity index (χ2n) is 10.8. The van der Waals surface area contributed by atoms with Crippen molar-refractivity contribution in [3.8, 4) is 11.1 Å². The summed E-state index contributed by atoms with van der Waals surface area (Å²) < 4.78 is 5.36. The predicted molar refractivity (Wildman–Crippen MR) is 135 cm³/mol. The van der Waals surface area contributed by atoms with E-state index in [0.717, 1.165) is 69.7 Å². The van der Waals surface area contributed by atoms with Gasteiger partial charge in [-0.25, -0.2) is 4.98 Å². The Hall–Kier alpha value is -2.74. The quantitative estimate of drug-likeness (QED) is 0.557. The van der Waals surface area contributed by atoms with Gasteiger partial charge in [-0.2, -0.15) is 0 Å². The molecule has 3 heterocycles. The zero-order valence-electron chi connectivity index (χ0n) is 20.0. The summed E-state index contributed by atoms with van der Waals surface area (Å²) in [5.41, 5.74) is 9.84. The van der Waals surface area contributed by atoms with Crippen LogP contribution in [0.15, 0.2) is 48.7 Å². The van der Waals surface area contributed by atoms with E-state index < -0.39 is 0 Å². The molecule has 0 spiro atoms. The number of nitrogens with zero attached hydrogens (tertiary/aromatic N) is 2. The highest BCUT2D eigenvalue weighted by Gasteiger charge is 2.50. The van der Waals surface area contributed by atoms with Crippen LogP contribution in [-0.4, -0.2) is 65.9 Å². The highest BCUT2D eigenvalue weighted by molar-refractivity contribution is 5.99. The van der Waals surface area contributed by atoms with Crippen molar-refractivity contribution in [2.75, 3.05) is 38.6 Å². The van der Waals surface area contributed by atoms with Gasteiger partial charge in [-0.15, -0.1) is 0 Å². The molecule has 0 unspecified atom stereocenters. The molecule has 2 aromatic rings. The van der Waals surface area contributed by atoms with Crippen molar-refractivity contribution in [3.63, 3.8) is 0 Å². The molecular formula is C28H34N4O3. The van der Waals surface area contributed by atoms with Gasteiger partial charge in [0.1, 0.15) is 5.82 Å². The average molecular weight is 475 g/mol. The number of likely N-dealkylation sites (tertiary alicyclic amines) is 1. The van der Waals surface area contributed by atoms with E-state index in [1.165, 1.54) is 5.56 Å². The number of aliphatic hydroxyl groups excluding tert-OH is 1. The lowest BCUT2D eigenvalue weighted by Gasteiger charge is -2.38. The molecule has 4 N–H and O–H groups in total. The van der Waals surface area contributed by atoms with Crippen LogP contribution in [0.2, 0.25) is 0 Å². The Labute approximate surface area is 206 Å². The molecule has 1 aromatic carbocycles. The zero-order valence-corrected chi connectivity index (χ0v) is 20.0. The second-order valence-corrected chi connectivity index (χ2v) is 10.8. The lowest BCUT2D eigenvalue weighted by Crippen LogP contribution is -2.40. The number of fused-ring (bicyclic) bond motifs is 1. The Balaban J connectivity index is 1.16. The molecule has 7 nitrogen and oxygen atoms in total. The fraction of sp³-hybridized carbons (Fsp3) is 0.500. The number of anilines is 1. The number of benzene rings is 1. The van der Waals surface area contributed by atoms with Crippen LogP contribution in [0.25, 0.3) is 11.1 Å². The number of carbonyl (C=O) groups is 1. The third-order valence-corrected chi connectivity index (χ3v) is 8.40. The van der Waals surface area contributed by atoms with Crippen molar-refractivity contribution in [1.82, 2.24) is 15.2 Å². The second kappa shape index (κ2) is 9.04. The fourth-order valence-corrected chi connectivity index (χ4v) is 6.14. The van der Waals surface area contributed by atoms with Gasteiger partial charge in [0.15, 0.2) is 0 Å². The monoisotopic (exact) mass is 474 g/mol. The van der Waals surface area contributed by atoms with Crippen LogP contribution < -0.4 is 11.1 Å². The minimum Gasteiger partial charge on any atom is -0.393 e. The van der Waals surface area contributed by atoms with Crippen molar-refractivity contribution in [2.24, 2.45) is 11.8 Å². The summed E-state index contributed by atoms with van der Waals surface area (Å²) in [4.78, 5) is 19.8. The number of nitrogen functional groups attached to an aromatic ring is 1. The minimum atomic E-state index is -0.254. The minimum absolute atomic E-state index is 0.0683. The standard InChI is InChI=1S/C28H34N4O3/c29-26-25(27(34)31-23-5-7-24(33)8-6-23)11-20(12-30-26)19-1-3-21(4-2-19)28-10-9-22(28)14-32(17-28)13-18-15-35-16-18/h1-4,9-12,18,22-24,33H,5-8,13-17H2,(H2,29,30)(H,31,34)/t22-,23?,24?,28+/m1/s1. The third kappa shape index (κ3) is 4.26. The summed E-state index contributed by atoms with van der Waals surface area (Å²) in [6, 6.07) is 10.6. The molecule has 2 saturated heterocycles. The van der Waals surface area contributed by atoms with E-state index in [1.807, 2.05) is 6.07 Å². The number of nitrogens with two attached hydrogens (primary N) is 1. The SMILES string of the molecule is Nc1ncc(-c2ccc([C@@]34C=C[C@@H]3CN(CC3COC3)C4)cc2)cc1C(=O)NC1CCC(O)CC1. The summed E-state index contributed by atoms with van der Waals surface area (Å²) in [5.74, 6) is 1.30. The summed E-state index contributed by atoms with van der Waals surface area (Å²) in [5, 5.41) is 12.8. The van der Waals surface area contributed by atoms with Gasteiger partial charge < -0.3 is 25.8 Å². The van der Waals surface area contributed by atoms with E-state index in [4.69, 9.17) is 10.5 Å². The van der Waals surface area contributed by atoms with E-state index >= 15 is 0 Å². The predicted octanol–water partition coefficient (Wildman–Crippen LogP) is 2.75. The summed E-state index contributed by atoms with van der Waals surface area (Å²) in [7, 11) is 0. The van der Waals surface area contributed by atoms with Crippen molar-refractivity contribution < 1.29 is 14.6 Å². The highest BCUT2D eigenvalue weighted by atomic mass is 16.5. The van der Waals surface area contributed by atoms with E-state index in [1.54, 1.807) is 6.20 Å². The zero-order chi connectivity index (χ0) is 24.0. The Morgan fingerprint density at radius 2 is 1.94 bits per heavy atom. The molecule has 4 aliphatic rings. The fourth-order valence-electron chi connectivity index (χ4n) is 6.14. The van der Waals surface area contributed by atoms with Crippen LogP contribution in [0.1, 0.15) is 41.6 Å². The molecule has 1 saturated carbocycles. The maximum absolute atomic E-state index is 12.9. The molecule has 7 heteroatoms. The molecule has 6 rings (SSSR count). The van der Waals surface area contributed by atoms with E-state index in [0.29, 0.717) is 17.4 Å². The number of nitrogens with one attached hydrogen (secondary N) is 1. The Morgan fingerprint density at radius 3 is 2.60 bits per heavy atom. The normalized spacial score (nSPS) is 30.4. The number of hydrogen-bond acceptors (Lipinski definition) is 6. The van der Waals surface area contributed by atoms with Gasteiger partial charge in [0, 0.05) is 54.7 Å². The molecule has 2 aliphatic carbocycles. The van der Waals surface area contributed by atoms with Gasteiger partial charge in [0.2, 0.25) is 0 Å². The van der Waals surface area contributed by atoms with Crippen molar-refractivity contribution in [1.29, 1.82) is 0 Å². The maximum atomic E-state index is 12.9. The van der Waals surface area contributed by atoms with Crippen LogP contribution in [0.3, 0.4) is 0 Å². The first-order valence-electron chi connectivity index (χ1n) is 12.8. The summed E-state index contributed by atoms with van der Waals surface area (Å²) >= 11 is 0. The van der Waals surface area contributed by atoms with E-state index in [2.05, 4.69) is 51.6 Å². The Kier molecular flexibility index (Phi) is 5.87. The smallest absolute Gasteiger partial charge is 0.255 e. The number of carbonyl (C=O) groups excluding carboxylic acids is 1. The van der Waals surface area contributed by atoms with Crippen molar-refractivity contribution in [3.05, 3.63) is 59.8 Å². The largest absolute Gasteiger partial charge is 0.393 e. The van der Waals surface area contributed by atoms with Crippen LogP contribution in [-0.2, 0) is 10.2 Å². The number of pyridine rings is 1. The lowest BCUT2D eigenvalue weighted by molar-refractivity contribution is -0.0444. The number of aliphatic hydroxyl groups is 1. The van der Waals surface area contributed by atoms with Crippen LogP contribution in [0.5, 0.6) is 0 Å². The summed E-state index contributed by atoms with van der Waals surface area (Å²) in [6.45, 7) is 5.11. The van der Waals surface area contributed by atoms with Gasteiger partial charge in [-0.1, -0.05) is 36.4 Å². The first-order valence-corrected chi connectivity index (χ1v) is 12.8. The topological polar surface area (TPSA) is 101 Å². The van der Waals surface area contributed by atoms with Gasteiger partial charge in [0.25, 0.3) is 5.91 Å². The van der Waals surface area contributed by atoms with Crippen molar-refractivity contribution >= 4 is 11.7 Å².